The number of esters is 1. The second kappa shape index (κ2) is 5.90. The SMILES string of the molecule is Cc1cc(C(=O)OC(C)c2nc3sc(C)c(C)c3c(=O)[nH]2)c(C)o1. The molecule has 0 saturated carbocycles. The predicted octanol–water partition coefficient (Wildman–Crippen LogP) is 3.73. The van der Waals surface area contributed by atoms with Crippen molar-refractivity contribution in [2.75, 3.05) is 0 Å². The Bertz CT molecular complexity index is 996. The number of carbonyl (C=O) groups excluding carboxylic acids is 1. The molecule has 1 N–H and O–H groups in total. The van der Waals surface area contributed by atoms with Crippen molar-refractivity contribution < 1.29 is 13.9 Å². The zero-order valence-electron chi connectivity index (χ0n) is 14.1. The third-order valence-corrected chi connectivity index (χ3v) is 5.09. The molecule has 0 spiro atoms. The number of ether oxygens (including phenoxy) is 1. The summed E-state index contributed by atoms with van der Waals surface area (Å²) in [6, 6.07) is 1.63. The Morgan fingerprint density at radius 2 is 2.04 bits per heavy atom. The van der Waals surface area contributed by atoms with Crippen molar-refractivity contribution in [3.8, 4) is 0 Å². The minimum Gasteiger partial charge on any atom is -0.466 e. The van der Waals surface area contributed by atoms with Crippen LogP contribution >= 0.6 is 11.3 Å². The lowest BCUT2D eigenvalue weighted by Gasteiger charge is -2.12. The lowest BCUT2D eigenvalue weighted by atomic mass is 10.2. The number of nitrogens with one attached hydrogen (secondary N) is 1. The fourth-order valence-electron chi connectivity index (χ4n) is 2.58. The summed E-state index contributed by atoms with van der Waals surface area (Å²) in [5, 5.41) is 0.598. The molecule has 3 rings (SSSR count). The highest BCUT2D eigenvalue weighted by Crippen LogP contribution is 2.27. The molecule has 6 nitrogen and oxygen atoms in total. The zero-order chi connectivity index (χ0) is 17.6. The van der Waals surface area contributed by atoms with Crippen molar-refractivity contribution in [1.29, 1.82) is 0 Å². The number of nitrogens with zero attached hydrogens (tertiary/aromatic N) is 1. The fraction of sp³-hybridized carbons (Fsp3) is 0.353. The third-order valence-electron chi connectivity index (χ3n) is 3.99. The number of aryl methyl sites for hydroxylation is 4. The van der Waals surface area contributed by atoms with Crippen LogP contribution in [0.25, 0.3) is 10.2 Å². The summed E-state index contributed by atoms with van der Waals surface area (Å²) in [5.74, 6) is 0.980. The van der Waals surface area contributed by atoms with E-state index in [1.807, 2.05) is 13.8 Å². The van der Waals surface area contributed by atoms with Crippen LogP contribution in [0.1, 0.15) is 51.2 Å². The molecule has 7 heteroatoms. The quantitative estimate of drug-likeness (QED) is 0.730. The minimum atomic E-state index is -0.674. The van der Waals surface area contributed by atoms with E-state index in [0.717, 1.165) is 10.4 Å². The van der Waals surface area contributed by atoms with Gasteiger partial charge < -0.3 is 14.1 Å². The summed E-state index contributed by atoms with van der Waals surface area (Å²) >= 11 is 1.46. The summed E-state index contributed by atoms with van der Waals surface area (Å²) in [4.78, 5) is 33.5. The highest BCUT2D eigenvalue weighted by Gasteiger charge is 2.21. The van der Waals surface area contributed by atoms with Crippen molar-refractivity contribution in [3.05, 3.63) is 49.8 Å². The number of fused-ring (bicyclic) bond motifs is 1. The monoisotopic (exact) mass is 346 g/mol. The van der Waals surface area contributed by atoms with Crippen LogP contribution in [-0.2, 0) is 4.74 Å². The first-order valence-electron chi connectivity index (χ1n) is 7.56. The van der Waals surface area contributed by atoms with Gasteiger partial charge in [0.1, 0.15) is 21.9 Å². The van der Waals surface area contributed by atoms with Gasteiger partial charge in [0.2, 0.25) is 0 Å². The van der Waals surface area contributed by atoms with E-state index in [2.05, 4.69) is 9.97 Å². The lowest BCUT2D eigenvalue weighted by Crippen LogP contribution is -2.17. The molecule has 0 fully saturated rings. The minimum absolute atomic E-state index is 0.213. The van der Waals surface area contributed by atoms with Gasteiger partial charge in [0, 0.05) is 4.88 Å². The molecule has 0 amide bonds. The van der Waals surface area contributed by atoms with E-state index in [1.165, 1.54) is 11.3 Å². The molecule has 1 unspecified atom stereocenters. The molecular weight excluding hydrogens is 328 g/mol. The largest absolute Gasteiger partial charge is 0.466 e. The van der Waals surface area contributed by atoms with Crippen molar-refractivity contribution >= 4 is 27.5 Å². The van der Waals surface area contributed by atoms with Crippen molar-refractivity contribution in [2.24, 2.45) is 0 Å². The number of H-pyrrole nitrogens is 1. The van der Waals surface area contributed by atoms with Gasteiger partial charge in [-0.3, -0.25) is 4.79 Å². The maximum absolute atomic E-state index is 12.3. The van der Waals surface area contributed by atoms with Crippen LogP contribution in [0.3, 0.4) is 0 Å². The Morgan fingerprint density at radius 3 is 2.67 bits per heavy atom. The number of aromatic amines is 1. The molecule has 3 aromatic heterocycles. The lowest BCUT2D eigenvalue weighted by molar-refractivity contribution is 0.0318. The first-order chi connectivity index (χ1) is 11.3. The van der Waals surface area contributed by atoms with Crippen molar-refractivity contribution in [3.63, 3.8) is 0 Å². The number of aromatic nitrogens is 2. The fourth-order valence-corrected chi connectivity index (χ4v) is 3.61. The van der Waals surface area contributed by atoms with Gasteiger partial charge in [-0.1, -0.05) is 0 Å². The number of carbonyl (C=O) groups is 1. The Morgan fingerprint density at radius 1 is 1.33 bits per heavy atom. The zero-order valence-corrected chi connectivity index (χ0v) is 15.0. The molecule has 3 heterocycles. The van der Waals surface area contributed by atoms with Gasteiger partial charge in [-0.15, -0.1) is 11.3 Å². The maximum Gasteiger partial charge on any atom is 0.342 e. The van der Waals surface area contributed by atoms with Gasteiger partial charge in [0.15, 0.2) is 11.9 Å². The number of hydrogen-bond donors (Lipinski definition) is 1. The molecule has 0 aliphatic carbocycles. The molecule has 3 aromatic rings. The molecule has 0 bridgehead atoms. The van der Waals surface area contributed by atoms with Crippen LogP contribution in [0.2, 0.25) is 0 Å². The number of thiophene rings is 1. The second-order valence-electron chi connectivity index (χ2n) is 5.79. The van der Waals surface area contributed by atoms with E-state index in [1.54, 1.807) is 26.8 Å². The predicted molar refractivity (Wildman–Crippen MR) is 91.7 cm³/mol. The topological polar surface area (TPSA) is 85.2 Å². The van der Waals surface area contributed by atoms with Crippen LogP contribution in [0.15, 0.2) is 15.3 Å². The molecule has 126 valence electrons. The summed E-state index contributed by atoms with van der Waals surface area (Å²) in [5.41, 5.74) is 1.10. The van der Waals surface area contributed by atoms with Crippen molar-refractivity contribution in [1.82, 2.24) is 9.97 Å². The first-order valence-corrected chi connectivity index (χ1v) is 8.37. The number of rotatable bonds is 3. The molecule has 24 heavy (non-hydrogen) atoms. The van der Waals surface area contributed by atoms with E-state index >= 15 is 0 Å². The Balaban J connectivity index is 1.91. The summed E-state index contributed by atoms with van der Waals surface area (Å²) in [6.45, 7) is 9.00. The molecule has 0 aromatic carbocycles. The molecule has 0 aliphatic rings. The van der Waals surface area contributed by atoms with E-state index in [0.29, 0.717) is 33.1 Å². The van der Waals surface area contributed by atoms with Crippen LogP contribution in [0, 0.1) is 27.7 Å². The average molecular weight is 346 g/mol. The maximum atomic E-state index is 12.3. The van der Waals surface area contributed by atoms with Crippen LogP contribution in [-0.4, -0.2) is 15.9 Å². The highest BCUT2D eigenvalue weighted by molar-refractivity contribution is 7.18. The number of hydrogen-bond acceptors (Lipinski definition) is 6. The van der Waals surface area contributed by atoms with Gasteiger partial charge in [-0.25, -0.2) is 9.78 Å². The molecular formula is C17H18N2O4S. The van der Waals surface area contributed by atoms with Gasteiger partial charge in [0.05, 0.1) is 5.39 Å². The van der Waals surface area contributed by atoms with E-state index < -0.39 is 12.1 Å². The second-order valence-corrected chi connectivity index (χ2v) is 6.99. The Kier molecular flexibility index (Phi) is 4.04. The molecule has 0 saturated heterocycles. The van der Waals surface area contributed by atoms with Crippen LogP contribution < -0.4 is 5.56 Å². The molecule has 0 radical (unpaired) electrons. The smallest absolute Gasteiger partial charge is 0.342 e. The van der Waals surface area contributed by atoms with E-state index in [-0.39, 0.29) is 5.56 Å². The van der Waals surface area contributed by atoms with Gasteiger partial charge >= 0.3 is 5.97 Å². The number of furan rings is 1. The Labute approximate surface area is 142 Å². The summed E-state index contributed by atoms with van der Waals surface area (Å²) in [7, 11) is 0. The average Bonchev–Trinajstić information content (AvgIpc) is 2.98. The molecule has 0 aliphatic heterocycles. The third kappa shape index (κ3) is 2.75. The van der Waals surface area contributed by atoms with Gasteiger partial charge in [0.25, 0.3) is 5.56 Å². The standard InChI is InChI=1S/C17H18N2O4S/c1-7-6-12(9(3)22-7)17(21)23-10(4)14-18-15(20)13-8(2)11(5)24-16(13)19-14/h6,10H,1-5H3,(H,18,19,20). The van der Waals surface area contributed by atoms with E-state index in [4.69, 9.17) is 9.15 Å². The summed E-state index contributed by atoms with van der Waals surface area (Å²) < 4.78 is 10.8. The normalized spacial score (nSPS) is 12.5. The van der Waals surface area contributed by atoms with E-state index in [9.17, 15) is 9.59 Å². The highest BCUT2D eigenvalue weighted by atomic mass is 32.1. The van der Waals surface area contributed by atoms with Crippen LogP contribution in [0.4, 0.5) is 0 Å². The first kappa shape index (κ1) is 16.4. The van der Waals surface area contributed by atoms with Gasteiger partial charge in [-0.2, -0.15) is 0 Å². The Hall–Kier alpha value is -2.41. The summed E-state index contributed by atoms with van der Waals surface area (Å²) in [6.07, 6.45) is -0.674. The van der Waals surface area contributed by atoms with Crippen LogP contribution in [0.5, 0.6) is 0 Å². The van der Waals surface area contributed by atoms with Gasteiger partial charge in [-0.05, 0) is 46.2 Å². The molecule has 1 atom stereocenters. The van der Waals surface area contributed by atoms with Crippen molar-refractivity contribution in [2.45, 2.75) is 40.7 Å².